The second-order valence-corrected chi connectivity index (χ2v) is 5.25. The van der Waals surface area contributed by atoms with Gasteiger partial charge >= 0.3 is 18.9 Å². The molecule has 1 spiro atoms. The molecule has 0 aromatic rings. The first-order chi connectivity index (χ1) is 6.70. The molecule has 2 heterocycles. The molecule has 2 aliphatic rings. The number of likely N-dealkylation sites (tertiary alicyclic amines) is 1. The minimum absolute atomic E-state index is 0. The van der Waals surface area contributed by atoms with Crippen molar-refractivity contribution in [3.05, 3.63) is 13.3 Å². The summed E-state index contributed by atoms with van der Waals surface area (Å²) in [5.74, 6) is 1.53. The molecule has 2 fully saturated rings. The van der Waals surface area contributed by atoms with E-state index in [4.69, 9.17) is 4.74 Å². The van der Waals surface area contributed by atoms with Crippen molar-refractivity contribution in [1.29, 1.82) is 0 Å². The zero-order valence-corrected chi connectivity index (χ0v) is 13.2. The van der Waals surface area contributed by atoms with Crippen LogP contribution in [0.25, 0.3) is 0 Å². The van der Waals surface area contributed by atoms with Gasteiger partial charge in [0, 0.05) is 24.0 Å². The Labute approximate surface area is 130 Å². The van der Waals surface area contributed by atoms with Crippen LogP contribution in [0.15, 0.2) is 0 Å². The first kappa shape index (κ1) is 20.4. The number of piperidine rings is 1. The van der Waals surface area contributed by atoms with E-state index in [0.717, 1.165) is 13.2 Å². The Morgan fingerprint density at radius 2 is 1.76 bits per heavy atom. The van der Waals surface area contributed by atoms with Crippen molar-refractivity contribution in [3.63, 3.8) is 0 Å². The number of hydrogen-bond donors (Lipinski definition) is 0. The van der Waals surface area contributed by atoms with E-state index in [-0.39, 0.29) is 43.6 Å². The molecular weight excluding hydrogens is 245 g/mol. The van der Waals surface area contributed by atoms with E-state index in [2.05, 4.69) is 18.9 Å². The van der Waals surface area contributed by atoms with Crippen molar-refractivity contribution in [1.82, 2.24) is 4.90 Å². The van der Waals surface area contributed by atoms with Crippen LogP contribution in [0.3, 0.4) is 0 Å². The molecule has 96 valence electrons. The third kappa shape index (κ3) is 5.69. The number of hydrogen-bond acceptors (Lipinski definition) is 2. The SMILES string of the molecule is C[C-]1CCC2(CCN(C)CC2)COC1.[CH3-].[Cr].[Li+]. The summed E-state index contributed by atoms with van der Waals surface area (Å²) in [6.45, 7) is 6.63. The minimum Gasteiger partial charge on any atom is -0.412 e. The molecule has 0 atom stereocenters. The van der Waals surface area contributed by atoms with Crippen LogP contribution in [0, 0.1) is 18.8 Å². The van der Waals surface area contributed by atoms with E-state index in [1.165, 1.54) is 44.7 Å². The maximum atomic E-state index is 5.78. The smallest absolute Gasteiger partial charge is 0.412 e. The number of ether oxygens (including phenoxy) is 1. The Kier molecular flexibility index (Phi) is 10.8. The fraction of sp³-hybridized carbons (Fsp3) is 0.846. The predicted octanol–water partition coefficient (Wildman–Crippen LogP) is -0.445. The molecule has 0 saturated carbocycles. The van der Waals surface area contributed by atoms with Crippen LogP contribution in [0.1, 0.15) is 32.6 Å². The molecule has 2 aliphatic heterocycles. The van der Waals surface area contributed by atoms with Gasteiger partial charge in [-0.15, -0.1) is 0 Å². The van der Waals surface area contributed by atoms with Crippen molar-refractivity contribution in [2.75, 3.05) is 33.4 Å². The molecule has 2 rings (SSSR count). The molecule has 0 N–H and O–H groups in total. The zero-order valence-electron chi connectivity index (χ0n) is 11.9. The van der Waals surface area contributed by atoms with Crippen molar-refractivity contribution >= 4 is 0 Å². The standard InChI is InChI=1S/C12H22NO.CH3.Cr.Li/c1-11-3-4-12(10-14-9-11)5-7-13(2)8-6-12;;;/h3-10H2,1-2H3;1H3;;/q2*-1;;+1. The van der Waals surface area contributed by atoms with Gasteiger partial charge in [0.25, 0.3) is 0 Å². The quantitative estimate of drug-likeness (QED) is 0.437. The summed E-state index contributed by atoms with van der Waals surface area (Å²) in [5.41, 5.74) is 0.518. The van der Waals surface area contributed by atoms with Gasteiger partial charge in [0.1, 0.15) is 0 Å². The van der Waals surface area contributed by atoms with Gasteiger partial charge in [-0.05, 0) is 38.4 Å². The van der Waals surface area contributed by atoms with Crippen molar-refractivity contribution < 1.29 is 41.0 Å². The molecule has 0 radical (unpaired) electrons. The van der Waals surface area contributed by atoms with Crippen LogP contribution in [-0.4, -0.2) is 38.3 Å². The fourth-order valence-electron chi connectivity index (χ4n) is 2.55. The fourth-order valence-corrected chi connectivity index (χ4v) is 2.55. The Balaban J connectivity index is 0. The summed E-state index contributed by atoms with van der Waals surface area (Å²) >= 11 is 0. The third-order valence-electron chi connectivity index (χ3n) is 3.89. The van der Waals surface area contributed by atoms with E-state index in [1.54, 1.807) is 0 Å². The molecule has 2 nitrogen and oxygen atoms in total. The zero-order chi connectivity index (χ0) is 10.0. The van der Waals surface area contributed by atoms with Gasteiger partial charge in [0.05, 0.1) is 0 Å². The summed E-state index contributed by atoms with van der Waals surface area (Å²) in [6.07, 6.45) is 5.30. The van der Waals surface area contributed by atoms with Gasteiger partial charge in [-0.25, -0.2) is 0 Å². The maximum Gasteiger partial charge on any atom is 1.00 e. The summed E-state index contributed by atoms with van der Waals surface area (Å²) in [6, 6.07) is 0. The van der Waals surface area contributed by atoms with Gasteiger partial charge in [-0.2, -0.15) is 13.3 Å². The Bertz CT molecular complexity index is 190. The van der Waals surface area contributed by atoms with Crippen LogP contribution in [-0.2, 0) is 22.1 Å². The molecular formula is C13H25CrLiNO-. The third-order valence-corrected chi connectivity index (χ3v) is 3.89. The van der Waals surface area contributed by atoms with E-state index < -0.39 is 0 Å². The van der Waals surface area contributed by atoms with Crippen molar-refractivity contribution in [3.8, 4) is 0 Å². The number of nitrogens with zero attached hydrogens (tertiary/aromatic N) is 1. The summed E-state index contributed by atoms with van der Waals surface area (Å²) < 4.78 is 5.78. The molecule has 0 bridgehead atoms. The minimum atomic E-state index is 0. The Morgan fingerprint density at radius 3 is 2.35 bits per heavy atom. The Hall–Kier alpha value is 1.05. The van der Waals surface area contributed by atoms with Crippen molar-refractivity contribution in [2.45, 2.75) is 32.6 Å². The van der Waals surface area contributed by atoms with Gasteiger partial charge in [-0.1, -0.05) is 13.0 Å². The van der Waals surface area contributed by atoms with Crippen LogP contribution < -0.4 is 18.9 Å². The average molecular weight is 270 g/mol. The van der Waals surface area contributed by atoms with Crippen LogP contribution in [0.2, 0.25) is 0 Å². The van der Waals surface area contributed by atoms with E-state index in [1.807, 2.05) is 0 Å². The monoisotopic (exact) mass is 270 g/mol. The van der Waals surface area contributed by atoms with E-state index in [0.29, 0.717) is 5.41 Å². The molecule has 0 aliphatic carbocycles. The average Bonchev–Trinajstić information content (AvgIpc) is 2.36. The number of rotatable bonds is 0. The van der Waals surface area contributed by atoms with Gasteiger partial charge in [0.2, 0.25) is 0 Å². The molecule has 0 unspecified atom stereocenters. The van der Waals surface area contributed by atoms with Crippen LogP contribution in [0.5, 0.6) is 0 Å². The first-order valence-electron chi connectivity index (χ1n) is 5.78. The van der Waals surface area contributed by atoms with Crippen LogP contribution in [0.4, 0.5) is 0 Å². The second-order valence-electron chi connectivity index (χ2n) is 5.25. The topological polar surface area (TPSA) is 12.5 Å². The molecule has 0 aromatic heterocycles. The van der Waals surface area contributed by atoms with Gasteiger partial charge in [0.15, 0.2) is 0 Å². The molecule has 17 heavy (non-hydrogen) atoms. The molecule has 0 aromatic carbocycles. The summed E-state index contributed by atoms with van der Waals surface area (Å²) in [5, 5.41) is 0. The molecule has 0 amide bonds. The summed E-state index contributed by atoms with van der Waals surface area (Å²) in [4.78, 5) is 2.44. The molecule has 4 heteroatoms. The first-order valence-corrected chi connectivity index (χ1v) is 5.78. The predicted molar refractivity (Wildman–Crippen MR) is 64.5 cm³/mol. The molecule has 2 saturated heterocycles. The van der Waals surface area contributed by atoms with Crippen LogP contribution >= 0.6 is 0 Å². The summed E-state index contributed by atoms with van der Waals surface area (Å²) in [7, 11) is 2.22. The van der Waals surface area contributed by atoms with Gasteiger partial charge in [-0.3, -0.25) is 5.92 Å². The largest absolute Gasteiger partial charge is 1.00 e. The van der Waals surface area contributed by atoms with Gasteiger partial charge < -0.3 is 17.1 Å². The Morgan fingerprint density at radius 1 is 1.18 bits per heavy atom. The second kappa shape index (κ2) is 9.03. The van der Waals surface area contributed by atoms with Crippen molar-refractivity contribution in [2.24, 2.45) is 5.41 Å². The normalized spacial score (nSPS) is 25.1. The van der Waals surface area contributed by atoms with E-state index >= 15 is 0 Å². The maximum absolute atomic E-state index is 5.78. The van der Waals surface area contributed by atoms with E-state index in [9.17, 15) is 0 Å².